The van der Waals surface area contributed by atoms with Crippen LogP contribution >= 0.6 is 23.4 Å². The van der Waals surface area contributed by atoms with Gasteiger partial charge in [0.05, 0.1) is 29.2 Å². The second-order valence-corrected chi connectivity index (χ2v) is 10.4. The summed E-state index contributed by atoms with van der Waals surface area (Å²) < 4.78 is -0.696. The van der Waals surface area contributed by atoms with Gasteiger partial charge in [-0.2, -0.15) is 0 Å². The predicted molar refractivity (Wildman–Crippen MR) is 116 cm³/mol. The van der Waals surface area contributed by atoms with E-state index in [1.165, 1.54) is 4.90 Å². The van der Waals surface area contributed by atoms with E-state index in [9.17, 15) is 19.5 Å². The van der Waals surface area contributed by atoms with E-state index in [0.29, 0.717) is 10.7 Å². The third-order valence-corrected chi connectivity index (χ3v) is 9.16. The summed E-state index contributed by atoms with van der Waals surface area (Å²) in [4.78, 5) is 41.3. The highest BCUT2D eigenvalue weighted by Gasteiger charge is 2.76. The number of carbonyl (C=O) groups is 3. The van der Waals surface area contributed by atoms with Gasteiger partial charge in [-0.15, -0.1) is 11.8 Å². The van der Waals surface area contributed by atoms with Crippen LogP contribution in [0.4, 0.5) is 5.69 Å². The van der Waals surface area contributed by atoms with Crippen LogP contribution in [0.25, 0.3) is 0 Å². The van der Waals surface area contributed by atoms with E-state index in [1.54, 1.807) is 50.0 Å². The second kappa shape index (κ2) is 7.73. The van der Waals surface area contributed by atoms with E-state index in [-0.39, 0.29) is 35.5 Å². The third kappa shape index (κ3) is 2.95. The zero-order chi connectivity index (χ0) is 21.8. The molecular formula is C21H26ClN3O4S. The van der Waals surface area contributed by atoms with E-state index < -0.39 is 28.7 Å². The Morgan fingerprint density at radius 3 is 2.60 bits per heavy atom. The van der Waals surface area contributed by atoms with Gasteiger partial charge in [0.25, 0.3) is 0 Å². The molecule has 30 heavy (non-hydrogen) atoms. The second-order valence-electron chi connectivity index (χ2n) is 8.44. The maximum atomic E-state index is 13.6. The van der Waals surface area contributed by atoms with Crippen molar-refractivity contribution in [3.8, 4) is 0 Å². The van der Waals surface area contributed by atoms with Gasteiger partial charge in [0.1, 0.15) is 6.04 Å². The smallest absolute Gasteiger partial charge is 0.248 e. The van der Waals surface area contributed by atoms with Crippen molar-refractivity contribution >= 4 is 46.8 Å². The molecule has 3 aliphatic rings. The largest absolute Gasteiger partial charge is 0.394 e. The normalized spacial score (nSPS) is 35.3. The molecule has 3 unspecified atom stereocenters. The first-order valence-corrected chi connectivity index (χ1v) is 11.4. The van der Waals surface area contributed by atoms with Crippen molar-refractivity contribution < 1.29 is 19.5 Å². The van der Waals surface area contributed by atoms with E-state index in [0.717, 1.165) is 6.42 Å². The molecule has 0 saturated carbocycles. The minimum absolute atomic E-state index is 0.00585. The molecule has 7 atom stereocenters. The summed E-state index contributed by atoms with van der Waals surface area (Å²) in [7, 11) is 1.58. The van der Waals surface area contributed by atoms with Crippen molar-refractivity contribution in [2.45, 2.75) is 42.3 Å². The van der Waals surface area contributed by atoms with Gasteiger partial charge in [-0.05, 0) is 43.5 Å². The Labute approximate surface area is 184 Å². The fourth-order valence-corrected chi connectivity index (χ4v) is 8.07. The highest BCUT2D eigenvalue weighted by Crippen LogP contribution is 2.68. The standard InChI is InChI=1S/C21H26ClN3O4S/c1-10-8-14-15(18(27)23-3)16-20(29)25(11(2)9-26)17(21(10,16)30-14)19(28)24-13-6-4-12(22)5-7-13/h4-7,10-11,14-17,26H,8-9H2,1-3H3,(H,23,27)(H,24,28)/t10?,11-,14+,15-,16+,17?,21?/m1/s1. The van der Waals surface area contributed by atoms with E-state index in [4.69, 9.17) is 11.6 Å². The number of nitrogens with one attached hydrogen (secondary N) is 2. The molecule has 2 bridgehead atoms. The van der Waals surface area contributed by atoms with Gasteiger partial charge in [0, 0.05) is 23.0 Å². The highest BCUT2D eigenvalue weighted by molar-refractivity contribution is 8.02. The quantitative estimate of drug-likeness (QED) is 0.633. The van der Waals surface area contributed by atoms with E-state index >= 15 is 0 Å². The molecule has 3 fully saturated rings. The average molecular weight is 452 g/mol. The van der Waals surface area contributed by atoms with Gasteiger partial charge < -0.3 is 20.6 Å². The Kier molecular flexibility index (Phi) is 5.53. The topological polar surface area (TPSA) is 98.7 Å². The van der Waals surface area contributed by atoms with Crippen molar-refractivity contribution in [3.63, 3.8) is 0 Å². The van der Waals surface area contributed by atoms with Gasteiger partial charge in [-0.1, -0.05) is 18.5 Å². The van der Waals surface area contributed by atoms with Crippen molar-refractivity contribution in [1.82, 2.24) is 10.2 Å². The Balaban J connectivity index is 1.76. The molecule has 1 aromatic rings. The summed E-state index contributed by atoms with van der Waals surface area (Å²) in [5, 5.41) is 16.0. The van der Waals surface area contributed by atoms with Gasteiger partial charge in [0.2, 0.25) is 17.7 Å². The van der Waals surface area contributed by atoms with Crippen LogP contribution in [0.3, 0.4) is 0 Å². The molecule has 0 aliphatic carbocycles. The predicted octanol–water partition coefficient (Wildman–Crippen LogP) is 1.74. The Hall–Kier alpha value is -1.77. The third-order valence-electron chi connectivity index (χ3n) is 6.83. The molecule has 1 spiro atoms. The molecular weight excluding hydrogens is 426 g/mol. The van der Waals surface area contributed by atoms with Crippen LogP contribution in [0.15, 0.2) is 24.3 Å². The molecule has 0 radical (unpaired) electrons. The van der Waals surface area contributed by atoms with Gasteiger partial charge in [0.15, 0.2) is 0 Å². The van der Waals surface area contributed by atoms with Gasteiger partial charge in [-0.25, -0.2) is 0 Å². The SMILES string of the molecule is CNC(=O)[C@@H]1[C@@H]2CC(C)C3(S2)C(C(=O)Nc2ccc(Cl)cc2)N([C@H](C)CO)C(=O)[C@H]13. The molecule has 3 amide bonds. The average Bonchev–Trinajstić information content (AvgIpc) is 3.32. The van der Waals surface area contributed by atoms with Crippen molar-refractivity contribution in [1.29, 1.82) is 0 Å². The first-order chi connectivity index (χ1) is 14.3. The number of anilines is 1. The number of hydrogen-bond donors (Lipinski definition) is 3. The zero-order valence-corrected chi connectivity index (χ0v) is 18.7. The molecule has 9 heteroatoms. The number of halogens is 1. The summed E-state index contributed by atoms with van der Waals surface area (Å²) in [6.45, 7) is 3.53. The lowest BCUT2D eigenvalue weighted by Gasteiger charge is -2.39. The summed E-state index contributed by atoms with van der Waals surface area (Å²) in [5.74, 6) is -1.64. The summed E-state index contributed by atoms with van der Waals surface area (Å²) in [5.41, 5.74) is 0.585. The van der Waals surface area contributed by atoms with Crippen LogP contribution in [0.5, 0.6) is 0 Å². The summed E-state index contributed by atoms with van der Waals surface area (Å²) in [6.07, 6.45) is 0.776. The van der Waals surface area contributed by atoms with E-state index in [2.05, 4.69) is 17.6 Å². The number of benzene rings is 1. The number of hydrogen-bond acceptors (Lipinski definition) is 5. The van der Waals surface area contributed by atoms with Crippen LogP contribution in [-0.4, -0.2) is 63.5 Å². The molecule has 1 aromatic carbocycles. The Morgan fingerprint density at radius 1 is 1.33 bits per heavy atom. The lowest BCUT2D eigenvalue weighted by atomic mass is 9.66. The van der Waals surface area contributed by atoms with Crippen molar-refractivity contribution in [2.75, 3.05) is 19.0 Å². The number of likely N-dealkylation sites (tertiary alicyclic amines) is 1. The first-order valence-electron chi connectivity index (χ1n) is 10.1. The van der Waals surface area contributed by atoms with Gasteiger partial charge in [-0.3, -0.25) is 14.4 Å². The minimum Gasteiger partial charge on any atom is -0.394 e. The zero-order valence-electron chi connectivity index (χ0n) is 17.1. The summed E-state index contributed by atoms with van der Waals surface area (Å²) in [6, 6.07) is 5.49. The lowest BCUT2D eigenvalue weighted by molar-refractivity contribution is -0.141. The minimum atomic E-state index is -0.771. The fraction of sp³-hybridized carbons (Fsp3) is 0.571. The molecule has 3 saturated heterocycles. The number of carbonyl (C=O) groups excluding carboxylic acids is 3. The van der Waals surface area contributed by atoms with Crippen LogP contribution < -0.4 is 10.6 Å². The number of rotatable bonds is 5. The van der Waals surface area contributed by atoms with Crippen LogP contribution in [-0.2, 0) is 14.4 Å². The molecule has 3 heterocycles. The number of aliphatic hydroxyl groups excluding tert-OH is 1. The highest BCUT2D eigenvalue weighted by atomic mass is 35.5. The molecule has 3 aliphatic heterocycles. The Morgan fingerprint density at radius 2 is 2.00 bits per heavy atom. The van der Waals surface area contributed by atoms with Crippen LogP contribution in [0, 0.1) is 17.8 Å². The maximum Gasteiger partial charge on any atom is 0.248 e. The fourth-order valence-electron chi connectivity index (χ4n) is 5.53. The maximum absolute atomic E-state index is 13.6. The molecule has 162 valence electrons. The molecule has 0 aromatic heterocycles. The Bertz CT molecular complexity index is 882. The number of thioether (sulfide) groups is 1. The molecule has 3 N–H and O–H groups in total. The number of aliphatic hydroxyl groups is 1. The monoisotopic (exact) mass is 451 g/mol. The number of nitrogens with zero attached hydrogens (tertiary/aromatic N) is 1. The number of fused-ring (bicyclic) bond motifs is 1. The van der Waals surface area contributed by atoms with Crippen LogP contribution in [0.2, 0.25) is 5.02 Å². The molecule has 7 nitrogen and oxygen atoms in total. The van der Waals surface area contributed by atoms with Crippen molar-refractivity contribution in [3.05, 3.63) is 29.3 Å². The lowest BCUT2D eigenvalue weighted by Crippen LogP contribution is -2.56. The number of amides is 3. The summed E-state index contributed by atoms with van der Waals surface area (Å²) >= 11 is 7.55. The van der Waals surface area contributed by atoms with Crippen LogP contribution in [0.1, 0.15) is 20.3 Å². The first kappa shape index (κ1) is 21.5. The van der Waals surface area contributed by atoms with E-state index in [1.807, 2.05) is 0 Å². The molecule has 4 rings (SSSR count). The van der Waals surface area contributed by atoms with Crippen molar-refractivity contribution in [2.24, 2.45) is 17.8 Å². The van der Waals surface area contributed by atoms with Gasteiger partial charge >= 0.3 is 0 Å².